The number of ketones is 1. The van der Waals surface area contributed by atoms with Crippen LogP contribution in [-0.4, -0.2) is 36.9 Å². The van der Waals surface area contributed by atoms with Gasteiger partial charge in [0, 0.05) is 12.1 Å². The Morgan fingerprint density at radius 2 is 2.30 bits per heavy atom. The molecule has 2 rings (SSSR count). The van der Waals surface area contributed by atoms with Crippen molar-refractivity contribution in [1.29, 1.82) is 0 Å². The third-order valence-corrected chi connectivity index (χ3v) is 3.74. The molecule has 110 valence electrons. The molecule has 0 bridgehead atoms. The third-order valence-electron chi connectivity index (χ3n) is 3.74. The van der Waals surface area contributed by atoms with Crippen LogP contribution >= 0.6 is 0 Å². The Morgan fingerprint density at radius 3 is 2.95 bits per heavy atom. The van der Waals surface area contributed by atoms with Gasteiger partial charge in [0.2, 0.25) is 0 Å². The summed E-state index contributed by atoms with van der Waals surface area (Å²) in [6, 6.07) is 5.31. The molecule has 2 N–H and O–H groups in total. The molecular formula is C16H24N2O2. The van der Waals surface area contributed by atoms with Crippen molar-refractivity contribution in [2.24, 2.45) is 5.92 Å². The lowest BCUT2D eigenvalue weighted by atomic mass is 9.99. The molecule has 0 amide bonds. The van der Waals surface area contributed by atoms with Crippen molar-refractivity contribution in [2.45, 2.75) is 26.7 Å². The Kier molecular flexibility index (Phi) is 5.01. The van der Waals surface area contributed by atoms with E-state index in [2.05, 4.69) is 11.8 Å². The number of carbonyl (C=O) groups excluding carboxylic acids is 1. The minimum atomic E-state index is 0.133. The number of nitrogens with two attached hydrogens (primary N) is 1. The molecule has 20 heavy (non-hydrogen) atoms. The molecule has 0 aromatic heterocycles. The van der Waals surface area contributed by atoms with E-state index in [1.165, 1.54) is 12.8 Å². The van der Waals surface area contributed by atoms with Crippen LogP contribution in [0.15, 0.2) is 18.2 Å². The Balaban J connectivity index is 2.00. The zero-order valence-corrected chi connectivity index (χ0v) is 12.4. The molecule has 1 fully saturated rings. The topological polar surface area (TPSA) is 55.6 Å². The van der Waals surface area contributed by atoms with Gasteiger partial charge in [-0.05, 0) is 50.4 Å². The summed E-state index contributed by atoms with van der Waals surface area (Å²) >= 11 is 0. The van der Waals surface area contributed by atoms with E-state index < -0.39 is 0 Å². The molecule has 0 radical (unpaired) electrons. The van der Waals surface area contributed by atoms with Crippen LogP contribution in [0.5, 0.6) is 5.75 Å². The van der Waals surface area contributed by atoms with E-state index in [4.69, 9.17) is 10.5 Å². The lowest BCUT2D eigenvalue weighted by molar-refractivity contribution is 0.0893. The van der Waals surface area contributed by atoms with Gasteiger partial charge in [0.15, 0.2) is 5.78 Å². The number of rotatable bonds is 5. The van der Waals surface area contributed by atoms with Crippen LogP contribution in [-0.2, 0) is 0 Å². The average molecular weight is 276 g/mol. The third kappa shape index (κ3) is 3.73. The highest BCUT2D eigenvalue weighted by atomic mass is 16.5. The molecule has 1 aromatic carbocycles. The Bertz CT molecular complexity index is 474. The van der Waals surface area contributed by atoms with Crippen LogP contribution in [0.3, 0.4) is 0 Å². The minimum absolute atomic E-state index is 0.133. The zero-order chi connectivity index (χ0) is 14.5. The van der Waals surface area contributed by atoms with Crippen molar-refractivity contribution in [3.8, 4) is 5.75 Å². The van der Waals surface area contributed by atoms with Gasteiger partial charge in [0.05, 0.1) is 18.8 Å². The first-order chi connectivity index (χ1) is 9.60. The maximum Gasteiger partial charge on any atom is 0.176 e. The number of likely N-dealkylation sites (tertiary alicyclic amines) is 1. The molecular weight excluding hydrogens is 252 g/mol. The minimum Gasteiger partial charge on any atom is -0.492 e. The molecule has 1 aliphatic rings. The van der Waals surface area contributed by atoms with Crippen LogP contribution in [0, 0.1) is 5.92 Å². The Morgan fingerprint density at radius 1 is 1.50 bits per heavy atom. The second kappa shape index (κ2) is 6.75. The number of anilines is 1. The van der Waals surface area contributed by atoms with Gasteiger partial charge in [0.25, 0.3) is 0 Å². The predicted molar refractivity (Wildman–Crippen MR) is 81.2 cm³/mol. The van der Waals surface area contributed by atoms with E-state index in [0.29, 0.717) is 36.1 Å². The number of piperidine rings is 1. The van der Waals surface area contributed by atoms with Gasteiger partial charge in [-0.25, -0.2) is 0 Å². The molecule has 4 nitrogen and oxygen atoms in total. The predicted octanol–water partition coefficient (Wildman–Crippen LogP) is 2.58. The summed E-state index contributed by atoms with van der Waals surface area (Å²) in [4.78, 5) is 14.5. The normalized spacial score (nSPS) is 19.8. The number of nitrogen functional groups attached to an aromatic ring is 1. The molecule has 0 saturated carbocycles. The smallest absolute Gasteiger partial charge is 0.176 e. The fourth-order valence-corrected chi connectivity index (χ4v) is 2.73. The molecule has 1 heterocycles. The summed E-state index contributed by atoms with van der Waals surface area (Å²) in [5, 5.41) is 0. The number of ether oxygens (including phenoxy) is 1. The van der Waals surface area contributed by atoms with Crippen molar-refractivity contribution >= 4 is 11.5 Å². The van der Waals surface area contributed by atoms with Gasteiger partial charge in [0.1, 0.15) is 5.75 Å². The van der Waals surface area contributed by atoms with Gasteiger partial charge in [-0.2, -0.15) is 0 Å². The van der Waals surface area contributed by atoms with E-state index in [1.807, 2.05) is 6.92 Å². The van der Waals surface area contributed by atoms with Gasteiger partial charge in [-0.15, -0.1) is 0 Å². The maximum absolute atomic E-state index is 12.3. The molecule has 1 atom stereocenters. The highest BCUT2D eigenvalue weighted by Crippen LogP contribution is 2.23. The van der Waals surface area contributed by atoms with Crippen molar-refractivity contribution in [2.75, 3.05) is 32.0 Å². The number of hydrogen-bond acceptors (Lipinski definition) is 4. The second-order valence-corrected chi connectivity index (χ2v) is 5.59. The van der Waals surface area contributed by atoms with Gasteiger partial charge >= 0.3 is 0 Å². The van der Waals surface area contributed by atoms with Crippen LogP contribution in [0.1, 0.15) is 37.0 Å². The molecule has 0 aliphatic carbocycles. The number of nitrogens with zero attached hydrogens (tertiary/aromatic N) is 1. The number of hydrogen-bond donors (Lipinski definition) is 1. The highest BCUT2D eigenvalue weighted by Gasteiger charge is 2.19. The fraction of sp³-hybridized carbons (Fsp3) is 0.562. The fourth-order valence-electron chi connectivity index (χ4n) is 2.73. The van der Waals surface area contributed by atoms with Crippen LogP contribution in [0.2, 0.25) is 0 Å². The van der Waals surface area contributed by atoms with E-state index >= 15 is 0 Å². The van der Waals surface area contributed by atoms with Crippen molar-refractivity contribution in [1.82, 2.24) is 4.90 Å². The van der Waals surface area contributed by atoms with Crippen LogP contribution in [0.25, 0.3) is 0 Å². The number of Topliss-reactive ketones (excluding diaryl/α,β-unsaturated/α-hetero) is 1. The molecule has 1 aromatic rings. The molecule has 4 heteroatoms. The summed E-state index contributed by atoms with van der Waals surface area (Å²) in [5.41, 5.74) is 7.11. The van der Waals surface area contributed by atoms with Gasteiger partial charge < -0.3 is 10.5 Å². The highest BCUT2D eigenvalue weighted by molar-refractivity contribution is 5.98. The molecule has 1 unspecified atom stereocenters. The van der Waals surface area contributed by atoms with E-state index in [0.717, 1.165) is 13.1 Å². The number of benzene rings is 1. The lowest BCUT2D eigenvalue weighted by Crippen LogP contribution is -2.38. The number of carbonyl (C=O) groups is 1. The van der Waals surface area contributed by atoms with Gasteiger partial charge in [-0.1, -0.05) is 6.92 Å². The van der Waals surface area contributed by atoms with Crippen molar-refractivity contribution in [3.63, 3.8) is 0 Å². The van der Waals surface area contributed by atoms with Crippen LogP contribution in [0.4, 0.5) is 5.69 Å². The van der Waals surface area contributed by atoms with E-state index in [-0.39, 0.29) is 5.78 Å². The summed E-state index contributed by atoms with van der Waals surface area (Å²) in [6.07, 6.45) is 2.44. The lowest BCUT2D eigenvalue weighted by Gasteiger charge is -2.30. The first kappa shape index (κ1) is 14.9. The summed E-state index contributed by atoms with van der Waals surface area (Å²) in [6.45, 7) is 7.24. The first-order valence-corrected chi connectivity index (χ1v) is 7.38. The van der Waals surface area contributed by atoms with E-state index in [9.17, 15) is 4.79 Å². The van der Waals surface area contributed by atoms with Crippen LogP contribution < -0.4 is 10.5 Å². The van der Waals surface area contributed by atoms with Gasteiger partial charge in [-0.3, -0.25) is 9.69 Å². The summed E-state index contributed by atoms with van der Waals surface area (Å²) in [7, 11) is 0. The molecule has 1 saturated heterocycles. The monoisotopic (exact) mass is 276 g/mol. The van der Waals surface area contributed by atoms with Crippen molar-refractivity contribution < 1.29 is 9.53 Å². The summed E-state index contributed by atoms with van der Waals surface area (Å²) < 4.78 is 5.39. The first-order valence-electron chi connectivity index (χ1n) is 7.38. The second-order valence-electron chi connectivity index (χ2n) is 5.59. The SMILES string of the molecule is CCOc1ccc(C(=O)CN2CCCC(C)C2)cc1N. The van der Waals surface area contributed by atoms with Crippen molar-refractivity contribution in [3.05, 3.63) is 23.8 Å². The zero-order valence-electron chi connectivity index (χ0n) is 12.4. The molecule has 1 aliphatic heterocycles. The van der Waals surface area contributed by atoms with E-state index in [1.54, 1.807) is 18.2 Å². The maximum atomic E-state index is 12.3. The standard InChI is InChI=1S/C16H24N2O2/c1-3-20-16-7-6-13(9-14(16)17)15(19)11-18-8-4-5-12(2)10-18/h6-7,9,12H,3-5,8,10-11,17H2,1-2H3. The quantitative estimate of drug-likeness (QED) is 0.663. The largest absolute Gasteiger partial charge is 0.492 e. The Labute approximate surface area is 120 Å². The average Bonchev–Trinajstić information content (AvgIpc) is 2.41. The molecule has 0 spiro atoms. The summed E-state index contributed by atoms with van der Waals surface area (Å²) in [5.74, 6) is 1.46. The Hall–Kier alpha value is -1.55.